The van der Waals surface area contributed by atoms with E-state index in [2.05, 4.69) is 27.2 Å². The molecule has 2 aromatic rings. The van der Waals surface area contributed by atoms with Crippen LogP contribution in [0.1, 0.15) is 22.5 Å². The summed E-state index contributed by atoms with van der Waals surface area (Å²) in [5.74, 6) is 0.715. The van der Waals surface area contributed by atoms with Gasteiger partial charge in [0.05, 0.1) is 7.11 Å². The minimum Gasteiger partial charge on any atom is -0.497 e. The van der Waals surface area contributed by atoms with E-state index in [1.807, 2.05) is 12.1 Å². The predicted octanol–water partition coefficient (Wildman–Crippen LogP) is 1.13. The van der Waals surface area contributed by atoms with Gasteiger partial charge in [-0.05, 0) is 30.2 Å². The first kappa shape index (κ1) is 17.2. The Bertz CT molecular complexity index is 752. The number of aromatic amines is 1. The van der Waals surface area contributed by atoms with Crippen molar-refractivity contribution < 1.29 is 9.53 Å². The lowest BCUT2D eigenvalue weighted by molar-refractivity contribution is 0.0754. The quantitative estimate of drug-likeness (QED) is 0.901. The minimum absolute atomic E-state index is 0.137. The molecule has 0 bridgehead atoms. The molecule has 1 aromatic carbocycles. The topological polar surface area (TPSA) is 78.5 Å². The number of ether oxygens (including phenoxy) is 1. The van der Waals surface area contributed by atoms with E-state index in [1.165, 1.54) is 17.7 Å². The molecule has 1 aliphatic heterocycles. The zero-order chi connectivity index (χ0) is 17.6. The molecule has 1 aromatic heterocycles. The van der Waals surface area contributed by atoms with Crippen molar-refractivity contribution in [3.05, 3.63) is 58.0 Å². The third-order valence-corrected chi connectivity index (χ3v) is 4.34. The fraction of sp³-hybridized carbons (Fsp3) is 0.389. The van der Waals surface area contributed by atoms with Crippen molar-refractivity contribution in [2.45, 2.75) is 13.0 Å². The van der Waals surface area contributed by atoms with E-state index < -0.39 is 0 Å². The van der Waals surface area contributed by atoms with Crippen molar-refractivity contribution >= 4 is 5.91 Å². The summed E-state index contributed by atoms with van der Waals surface area (Å²) >= 11 is 0. The second kappa shape index (κ2) is 7.94. The summed E-state index contributed by atoms with van der Waals surface area (Å²) in [6, 6.07) is 10.9. The molecule has 7 heteroatoms. The smallest absolute Gasteiger partial charge is 0.274 e. The van der Waals surface area contributed by atoms with E-state index in [0.29, 0.717) is 13.1 Å². The van der Waals surface area contributed by atoms with Gasteiger partial charge in [-0.15, -0.1) is 0 Å². The summed E-state index contributed by atoms with van der Waals surface area (Å²) < 4.78 is 5.18. The van der Waals surface area contributed by atoms with E-state index in [0.717, 1.165) is 31.8 Å². The van der Waals surface area contributed by atoms with Crippen molar-refractivity contribution in [3.63, 3.8) is 0 Å². The Morgan fingerprint density at radius 1 is 1.12 bits per heavy atom. The molecule has 132 valence electrons. The number of benzene rings is 1. The van der Waals surface area contributed by atoms with Crippen LogP contribution < -0.4 is 10.3 Å². The molecule has 0 atom stereocenters. The number of amides is 1. The third-order valence-electron chi connectivity index (χ3n) is 4.34. The maximum atomic E-state index is 12.5. The molecular formula is C18H22N4O3. The molecule has 2 heterocycles. The van der Waals surface area contributed by atoms with Crippen LogP contribution in [0, 0.1) is 0 Å². The first-order valence-electron chi connectivity index (χ1n) is 8.36. The lowest BCUT2D eigenvalue weighted by Crippen LogP contribution is -2.36. The number of carbonyl (C=O) groups excluding carboxylic acids is 1. The second-order valence-electron chi connectivity index (χ2n) is 6.08. The highest BCUT2D eigenvalue weighted by molar-refractivity contribution is 5.92. The molecular weight excluding hydrogens is 320 g/mol. The minimum atomic E-state index is -0.307. The van der Waals surface area contributed by atoms with Gasteiger partial charge in [0.2, 0.25) is 0 Å². The van der Waals surface area contributed by atoms with Gasteiger partial charge in [-0.1, -0.05) is 12.1 Å². The van der Waals surface area contributed by atoms with Crippen LogP contribution in [0.4, 0.5) is 0 Å². The monoisotopic (exact) mass is 342 g/mol. The molecule has 3 rings (SSSR count). The lowest BCUT2D eigenvalue weighted by Gasteiger charge is -2.21. The number of nitrogens with one attached hydrogen (secondary N) is 1. The Morgan fingerprint density at radius 2 is 1.92 bits per heavy atom. The average molecular weight is 342 g/mol. The van der Waals surface area contributed by atoms with E-state index in [1.54, 1.807) is 12.0 Å². The lowest BCUT2D eigenvalue weighted by atomic mass is 10.2. The number of H-pyrrole nitrogens is 1. The number of aromatic nitrogens is 2. The summed E-state index contributed by atoms with van der Waals surface area (Å²) in [5.41, 5.74) is 1.20. The number of carbonyl (C=O) groups is 1. The molecule has 1 aliphatic rings. The highest BCUT2D eigenvalue weighted by Gasteiger charge is 2.21. The van der Waals surface area contributed by atoms with Gasteiger partial charge in [-0.3, -0.25) is 14.5 Å². The Morgan fingerprint density at radius 3 is 2.60 bits per heavy atom. The van der Waals surface area contributed by atoms with Crippen LogP contribution >= 0.6 is 0 Å². The Balaban J connectivity index is 1.58. The SMILES string of the molecule is COc1ccc(CN2CCCN(C(=O)c3ccc(=O)[nH]n3)CC2)cc1. The van der Waals surface area contributed by atoms with E-state index in [9.17, 15) is 9.59 Å². The molecule has 7 nitrogen and oxygen atoms in total. The first-order valence-corrected chi connectivity index (χ1v) is 8.36. The Kier molecular flexibility index (Phi) is 5.45. The first-order chi connectivity index (χ1) is 12.2. The standard InChI is InChI=1S/C18H22N4O3/c1-25-15-5-3-14(4-6-15)13-21-9-2-10-22(12-11-21)18(24)16-7-8-17(23)20-19-16/h3-8H,2,9-13H2,1H3,(H,20,23). The van der Waals surface area contributed by atoms with E-state index in [-0.39, 0.29) is 17.2 Å². The van der Waals surface area contributed by atoms with Gasteiger partial charge in [0.15, 0.2) is 0 Å². The molecule has 0 spiro atoms. The molecule has 0 radical (unpaired) electrons. The van der Waals surface area contributed by atoms with Crippen molar-refractivity contribution in [2.24, 2.45) is 0 Å². The van der Waals surface area contributed by atoms with Crippen molar-refractivity contribution in [1.29, 1.82) is 0 Å². The normalized spacial score (nSPS) is 15.6. The molecule has 0 saturated carbocycles. The third kappa shape index (κ3) is 4.45. The zero-order valence-corrected chi connectivity index (χ0v) is 14.3. The van der Waals surface area contributed by atoms with Crippen LogP contribution in [0.25, 0.3) is 0 Å². The largest absolute Gasteiger partial charge is 0.497 e. The molecule has 1 saturated heterocycles. The zero-order valence-electron chi connectivity index (χ0n) is 14.3. The van der Waals surface area contributed by atoms with Crippen LogP contribution in [0.3, 0.4) is 0 Å². The maximum absolute atomic E-state index is 12.5. The number of nitrogens with zero attached hydrogens (tertiary/aromatic N) is 3. The number of rotatable bonds is 4. The van der Waals surface area contributed by atoms with Crippen LogP contribution in [0.2, 0.25) is 0 Å². The molecule has 25 heavy (non-hydrogen) atoms. The van der Waals surface area contributed by atoms with Gasteiger partial charge in [-0.25, -0.2) is 5.10 Å². The van der Waals surface area contributed by atoms with Crippen LogP contribution in [-0.4, -0.2) is 59.2 Å². The molecule has 0 aliphatic carbocycles. The summed E-state index contributed by atoms with van der Waals surface area (Å²) in [6.07, 6.45) is 0.908. The maximum Gasteiger partial charge on any atom is 0.274 e. The molecule has 1 fully saturated rings. The predicted molar refractivity (Wildman–Crippen MR) is 93.6 cm³/mol. The summed E-state index contributed by atoms with van der Waals surface area (Å²) in [4.78, 5) is 27.7. The van der Waals surface area contributed by atoms with Gasteiger partial charge in [0.25, 0.3) is 11.5 Å². The van der Waals surface area contributed by atoms with Gasteiger partial charge >= 0.3 is 0 Å². The van der Waals surface area contributed by atoms with Gasteiger partial charge in [0, 0.05) is 38.8 Å². The van der Waals surface area contributed by atoms with Gasteiger partial charge < -0.3 is 9.64 Å². The van der Waals surface area contributed by atoms with Crippen LogP contribution in [0.15, 0.2) is 41.2 Å². The fourth-order valence-corrected chi connectivity index (χ4v) is 2.95. The van der Waals surface area contributed by atoms with Crippen LogP contribution in [-0.2, 0) is 6.54 Å². The van der Waals surface area contributed by atoms with Crippen molar-refractivity contribution in [2.75, 3.05) is 33.3 Å². The number of hydrogen-bond acceptors (Lipinski definition) is 5. The molecule has 1 amide bonds. The Hall–Kier alpha value is -2.67. The van der Waals surface area contributed by atoms with E-state index >= 15 is 0 Å². The van der Waals surface area contributed by atoms with Gasteiger partial charge in [-0.2, -0.15) is 5.10 Å². The van der Waals surface area contributed by atoms with Crippen molar-refractivity contribution in [3.8, 4) is 5.75 Å². The Labute approximate surface area is 146 Å². The van der Waals surface area contributed by atoms with Gasteiger partial charge in [0.1, 0.15) is 11.4 Å². The highest BCUT2D eigenvalue weighted by atomic mass is 16.5. The average Bonchev–Trinajstić information content (AvgIpc) is 2.88. The summed E-state index contributed by atoms with van der Waals surface area (Å²) in [6.45, 7) is 3.94. The van der Waals surface area contributed by atoms with Crippen molar-refractivity contribution in [1.82, 2.24) is 20.0 Å². The summed E-state index contributed by atoms with van der Waals surface area (Å²) in [7, 11) is 1.66. The van der Waals surface area contributed by atoms with E-state index in [4.69, 9.17) is 4.74 Å². The highest BCUT2D eigenvalue weighted by Crippen LogP contribution is 2.14. The summed E-state index contributed by atoms with van der Waals surface area (Å²) in [5, 5.41) is 6.15. The second-order valence-corrected chi connectivity index (χ2v) is 6.08. The molecule has 0 unspecified atom stereocenters. The fourth-order valence-electron chi connectivity index (χ4n) is 2.95. The van der Waals surface area contributed by atoms with Crippen LogP contribution in [0.5, 0.6) is 5.75 Å². The number of hydrogen-bond donors (Lipinski definition) is 1. The molecule has 1 N–H and O–H groups in total. The number of methoxy groups -OCH3 is 1.